The Morgan fingerprint density at radius 3 is 2.21 bits per heavy atom. The molecule has 2 saturated heterocycles. The van der Waals surface area contributed by atoms with Gasteiger partial charge < -0.3 is 23.8 Å². The van der Waals surface area contributed by atoms with Crippen molar-refractivity contribution in [2.45, 2.75) is 30.7 Å². The number of carbonyl (C=O) groups is 1. The molecule has 0 saturated carbocycles. The number of halogens is 3. The molecule has 2 aliphatic rings. The summed E-state index contributed by atoms with van der Waals surface area (Å²) in [5.41, 5.74) is 0.524. The Balaban J connectivity index is 1.17. The highest BCUT2D eigenvalue weighted by atomic mass is 19.4. The average molecular weight is 479 g/mol. The molecule has 0 aromatic heterocycles. The number of piperidine rings is 1. The topological polar surface area (TPSA) is 57.2 Å². The van der Waals surface area contributed by atoms with Gasteiger partial charge >= 0.3 is 6.18 Å². The number of rotatable bonds is 8. The molecule has 2 aromatic rings. The molecule has 4 rings (SSSR count). The fourth-order valence-electron chi connectivity index (χ4n) is 4.13. The molecule has 34 heavy (non-hydrogen) atoms. The van der Waals surface area contributed by atoms with E-state index in [9.17, 15) is 18.0 Å². The van der Waals surface area contributed by atoms with Crippen LogP contribution >= 0.6 is 0 Å². The monoisotopic (exact) mass is 479 g/mol. The number of alkyl halides is 3. The molecule has 2 fully saturated rings. The second-order valence-corrected chi connectivity index (χ2v) is 8.50. The molecule has 0 bridgehead atoms. The molecule has 2 aliphatic heterocycles. The molecule has 0 aliphatic carbocycles. The molecular formula is C25H28F3NO5. The number of carbonyl (C=O) groups excluding carboxylic acids is 1. The van der Waals surface area contributed by atoms with E-state index in [0.29, 0.717) is 57.1 Å². The summed E-state index contributed by atoms with van der Waals surface area (Å²) in [4.78, 5) is 14.7. The largest absolute Gasteiger partial charge is 0.491 e. The number of nitrogens with zero attached hydrogens (tertiary/aromatic N) is 1. The van der Waals surface area contributed by atoms with Crippen LogP contribution in [-0.2, 0) is 26.0 Å². The minimum atomic E-state index is -4.36. The minimum absolute atomic E-state index is 0.00744. The van der Waals surface area contributed by atoms with Crippen molar-refractivity contribution in [3.05, 3.63) is 65.2 Å². The van der Waals surface area contributed by atoms with Crippen LogP contribution in [0.3, 0.4) is 0 Å². The van der Waals surface area contributed by atoms with E-state index in [1.807, 2.05) is 29.2 Å². The van der Waals surface area contributed by atoms with Gasteiger partial charge in [0.05, 0.1) is 31.5 Å². The van der Waals surface area contributed by atoms with Gasteiger partial charge in [0.25, 0.3) is 5.91 Å². The lowest BCUT2D eigenvalue weighted by Crippen LogP contribution is -2.48. The molecule has 0 radical (unpaired) electrons. The Labute approximate surface area is 196 Å². The van der Waals surface area contributed by atoms with E-state index in [1.54, 1.807) is 7.11 Å². The van der Waals surface area contributed by atoms with Crippen molar-refractivity contribution in [1.29, 1.82) is 0 Å². The number of benzene rings is 2. The molecule has 0 spiro atoms. The summed E-state index contributed by atoms with van der Waals surface area (Å²) in [7, 11) is 1.66. The van der Waals surface area contributed by atoms with Gasteiger partial charge in [0.1, 0.15) is 18.0 Å². The fourth-order valence-corrected chi connectivity index (χ4v) is 4.13. The average Bonchev–Trinajstić information content (AvgIpc) is 2.82. The number of hydrogen-bond acceptors (Lipinski definition) is 5. The third-order valence-corrected chi connectivity index (χ3v) is 6.34. The van der Waals surface area contributed by atoms with Gasteiger partial charge in [0.2, 0.25) is 0 Å². The van der Waals surface area contributed by atoms with E-state index in [1.165, 1.54) is 12.1 Å². The first-order valence-electron chi connectivity index (χ1n) is 11.3. The summed E-state index contributed by atoms with van der Waals surface area (Å²) in [6.07, 6.45) is -2.91. The van der Waals surface area contributed by atoms with Gasteiger partial charge in [-0.3, -0.25) is 4.79 Å². The van der Waals surface area contributed by atoms with Crippen molar-refractivity contribution in [3.63, 3.8) is 0 Å². The maximum Gasteiger partial charge on any atom is 0.416 e. The molecule has 0 atom stereocenters. The third-order valence-electron chi connectivity index (χ3n) is 6.34. The van der Waals surface area contributed by atoms with Crippen molar-refractivity contribution >= 4 is 5.91 Å². The summed E-state index contributed by atoms with van der Waals surface area (Å²) in [5, 5.41) is 0. The molecule has 2 aromatic carbocycles. The quantitative estimate of drug-likeness (QED) is 0.529. The fraction of sp³-hybridized carbons (Fsp3) is 0.480. The zero-order valence-corrected chi connectivity index (χ0v) is 19.0. The van der Waals surface area contributed by atoms with Crippen LogP contribution < -0.4 is 4.74 Å². The highest BCUT2D eigenvalue weighted by Gasteiger charge is 2.40. The van der Waals surface area contributed by atoms with Crippen molar-refractivity contribution in [1.82, 2.24) is 4.90 Å². The summed E-state index contributed by atoms with van der Waals surface area (Å²) in [6.45, 7) is 2.79. The molecule has 0 N–H and O–H groups in total. The molecular weight excluding hydrogens is 451 g/mol. The van der Waals surface area contributed by atoms with Crippen molar-refractivity contribution in [2.75, 3.05) is 46.6 Å². The van der Waals surface area contributed by atoms with Crippen LogP contribution in [0.2, 0.25) is 0 Å². The first-order chi connectivity index (χ1) is 16.3. The number of hydrogen-bond donors (Lipinski definition) is 0. The first-order valence-corrected chi connectivity index (χ1v) is 11.3. The van der Waals surface area contributed by atoms with Crippen LogP contribution in [0.5, 0.6) is 5.75 Å². The zero-order chi connectivity index (χ0) is 24.2. The van der Waals surface area contributed by atoms with E-state index in [0.717, 1.165) is 17.7 Å². The maximum atomic E-state index is 12.9. The first kappa shape index (κ1) is 24.5. The van der Waals surface area contributed by atoms with E-state index >= 15 is 0 Å². The van der Waals surface area contributed by atoms with Crippen LogP contribution in [-0.4, -0.2) is 63.5 Å². The second kappa shape index (κ2) is 10.3. The zero-order valence-electron chi connectivity index (χ0n) is 19.0. The smallest absolute Gasteiger partial charge is 0.416 e. The van der Waals surface area contributed by atoms with Gasteiger partial charge in [0, 0.05) is 25.8 Å². The third kappa shape index (κ3) is 5.54. The van der Waals surface area contributed by atoms with E-state index in [2.05, 4.69) is 0 Å². The van der Waals surface area contributed by atoms with Crippen molar-refractivity contribution < 1.29 is 36.9 Å². The van der Waals surface area contributed by atoms with Gasteiger partial charge in [-0.25, -0.2) is 0 Å². The van der Waals surface area contributed by atoms with Crippen molar-refractivity contribution in [2.24, 2.45) is 0 Å². The Hall–Kier alpha value is -2.62. The van der Waals surface area contributed by atoms with E-state index in [-0.39, 0.29) is 18.6 Å². The summed E-state index contributed by atoms with van der Waals surface area (Å²) >= 11 is 0. The van der Waals surface area contributed by atoms with E-state index < -0.39 is 17.3 Å². The molecule has 2 heterocycles. The molecule has 6 nitrogen and oxygen atoms in total. The lowest BCUT2D eigenvalue weighted by molar-refractivity contribution is -0.202. The number of ether oxygens (including phenoxy) is 4. The molecule has 1 amide bonds. The van der Waals surface area contributed by atoms with Crippen molar-refractivity contribution in [3.8, 4) is 5.75 Å². The predicted octanol–water partition coefficient (Wildman–Crippen LogP) is 4.28. The van der Waals surface area contributed by atoms with Crippen LogP contribution in [0.25, 0.3) is 0 Å². The Bertz CT molecular complexity index is 945. The van der Waals surface area contributed by atoms with Gasteiger partial charge in [0.15, 0.2) is 0 Å². The predicted molar refractivity (Wildman–Crippen MR) is 118 cm³/mol. The number of likely N-dealkylation sites (tertiary alicyclic amines) is 1. The lowest BCUT2D eigenvalue weighted by atomic mass is 9.91. The van der Waals surface area contributed by atoms with Crippen LogP contribution in [0.4, 0.5) is 13.2 Å². The highest BCUT2D eigenvalue weighted by molar-refractivity contribution is 5.94. The SMILES string of the molecule is COC1(c2ccc(C(=O)N3CCC(OCCOc4ccc(C(F)(F)F)cc4)CC3)cc2)COC1. The van der Waals surface area contributed by atoms with Gasteiger partial charge in [-0.1, -0.05) is 12.1 Å². The van der Waals surface area contributed by atoms with Crippen LogP contribution in [0.15, 0.2) is 48.5 Å². The molecule has 9 heteroatoms. The summed E-state index contributed by atoms with van der Waals surface area (Å²) in [6, 6.07) is 12.1. The van der Waals surface area contributed by atoms with Gasteiger partial charge in [-0.15, -0.1) is 0 Å². The molecule has 184 valence electrons. The normalized spacial score (nSPS) is 18.4. The Morgan fingerprint density at radius 2 is 1.68 bits per heavy atom. The maximum absolute atomic E-state index is 12.9. The standard InChI is InChI=1S/C25H28F3NO5/c1-31-24(16-32-17-24)19-4-2-18(3-5-19)23(30)29-12-10-22(11-13-29)34-15-14-33-21-8-6-20(7-9-21)25(26,27)28/h2-9,22H,10-17H2,1H3. The molecule has 0 unspecified atom stereocenters. The number of methoxy groups -OCH3 is 1. The van der Waals surface area contributed by atoms with Gasteiger partial charge in [-0.05, 0) is 54.8 Å². The summed E-state index contributed by atoms with van der Waals surface area (Å²) in [5.74, 6) is 0.358. The van der Waals surface area contributed by atoms with Crippen LogP contribution in [0, 0.1) is 0 Å². The van der Waals surface area contributed by atoms with Gasteiger partial charge in [-0.2, -0.15) is 13.2 Å². The Morgan fingerprint density at radius 1 is 1.03 bits per heavy atom. The summed E-state index contributed by atoms with van der Waals surface area (Å²) < 4.78 is 60.0. The number of amides is 1. The lowest BCUT2D eigenvalue weighted by Gasteiger charge is -2.40. The Kier molecular flexibility index (Phi) is 7.45. The van der Waals surface area contributed by atoms with E-state index in [4.69, 9.17) is 18.9 Å². The highest BCUT2D eigenvalue weighted by Crippen LogP contribution is 2.33. The van der Waals surface area contributed by atoms with Crippen LogP contribution in [0.1, 0.15) is 34.3 Å². The minimum Gasteiger partial charge on any atom is -0.491 e. The second-order valence-electron chi connectivity index (χ2n) is 8.50.